The highest BCUT2D eigenvalue weighted by atomic mass is 16.2. The molecule has 0 saturated heterocycles. The number of benzene rings is 2. The van der Waals surface area contributed by atoms with E-state index in [9.17, 15) is 9.59 Å². The second kappa shape index (κ2) is 9.25. The minimum absolute atomic E-state index is 0.275. The van der Waals surface area contributed by atoms with Gasteiger partial charge in [-0.25, -0.2) is 9.36 Å². The average molecular weight is 458 g/mol. The summed E-state index contributed by atoms with van der Waals surface area (Å²) >= 11 is 0. The number of amides is 1. The Balaban J connectivity index is 1.72. The summed E-state index contributed by atoms with van der Waals surface area (Å²) in [7, 11) is 0. The van der Waals surface area contributed by atoms with E-state index in [1.54, 1.807) is 4.68 Å². The van der Waals surface area contributed by atoms with Gasteiger partial charge in [0.05, 0.1) is 22.5 Å². The number of aromatic nitrogens is 4. The lowest BCUT2D eigenvalue weighted by atomic mass is 10.0. The van der Waals surface area contributed by atoms with Crippen molar-refractivity contribution in [3.05, 3.63) is 81.4 Å². The molecule has 4 rings (SSSR count). The lowest BCUT2D eigenvalue weighted by Crippen LogP contribution is -2.35. The first-order valence-corrected chi connectivity index (χ1v) is 11.7. The first kappa shape index (κ1) is 23.4. The van der Waals surface area contributed by atoms with Crippen molar-refractivity contribution < 1.29 is 4.79 Å². The van der Waals surface area contributed by atoms with E-state index in [0.29, 0.717) is 29.2 Å². The van der Waals surface area contributed by atoms with Crippen molar-refractivity contribution in [2.75, 3.05) is 5.32 Å². The molecule has 0 spiro atoms. The second-order valence-corrected chi connectivity index (χ2v) is 9.08. The number of hydrogen-bond donors (Lipinski definition) is 1. The maximum atomic E-state index is 13.5. The fourth-order valence-electron chi connectivity index (χ4n) is 4.25. The molecule has 7 heteroatoms. The fraction of sp³-hybridized carbons (Fsp3) is 0.333. The van der Waals surface area contributed by atoms with Crippen LogP contribution in [0.3, 0.4) is 0 Å². The van der Waals surface area contributed by atoms with Crippen LogP contribution in [0.4, 0.5) is 5.69 Å². The SMILES string of the molecule is CC[C@H](C(=O)Nc1ccc(C(C)C)cc1)n1nc(C)c2c(C)n(-c3ccc(C)cc3)nc2c1=O. The number of carbonyl (C=O) groups excluding carboxylic acids is 1. The Kier molecular flexibility index (Phi) is 6.37. The topological polar surface area (TPSA) is 81.8 Å². The molecule has 2 aromatic carbocycles. The molecule has 0 aliphatic carbocycles. The molecule has 7 nitrogen and oxygen atoms in total. The lowest BCUT2D eigenvalue weighted by molar-refractivity contribution is -0.119. The number of carbonyl (C=O) groups is 1. The van der Waals surface area contributed by atoms with Crippen molar-refractivity contribution in [1.29, 1.82) is 0 Å². The van der Waals surface area contributed by atoms with Crippen molar-refractivity contribution in [3.8, 4) is 5.69 Å². The number of rotatable bonds is 6. The molecule has 0 fully saturated rings. The van der Waals surface area contributed by atoms with E-state index >= 15 is 0 Å². The first-order valence-electron chi connectivity index (χ1n) is 11.7. The predicted molar refractivity (Wildman–Crippen MR) is 136 cm³/mol. The number of nitrogens with zero attached hydrogens (tertiary/aromatic N) is 4. The van der Waals surface area contributed by atoms with E-state index in [2.05, 4.69) is 29.4 Å². The summed E-state index contributed by atoms with van der Waals surface area (Å²) in [6.07, 6.45) is 0.422. The minimum Gasteiger partial charge on any atom is -0.324 e. The molecule has 1 atom stereocenters. The van der Waals surface area contributed by atoms with Crippen LogP contribution in [0.5, 0.6) is 0 Å². The van der Waals surface area contributed by atoms with Gasteiger partial charge in [0.2, 0.25) is 5.91 Å². The van der Waals surface area contributed by atoms with Crippen molar-refractivity contribution in [2.24, 2.45) is 0 Å². The lowest BCUT2D eigenvalue weighted by Gasteiger charge is -2.17. The van der Waals surface area contributed by atoms with Gasteiger partial charge in [0, 0.05) is 5.69 Å². The number of aryl methyl sites for hydroxylation is 3. The van der Waals surface area contributed by atoms with E-state index < -0.39 is 6.04 Å². The zero-order valence-corrected chi connectivity index (χ0v) is 20.6. The summed E-state index contributed by atoms with van der Waals surface area (Å²) in [5, 5.41) is 12.8. The largest absolute Gasteiger partial charge is 0.324 e. The Morgan fingerprint density at radius 3 is 2.21 bits per heavy atom. The van der Waals surface area contributed by atoms with E-state index in [0.717, 1.165) is 22.3 Å². The van der Waals surface area contributed by atoms with E-state index in [4.69, 9.17) is 0 Å². The molecule has 0 aliphatic rings. The van der Waals surface area contributed by atoms with Gasteiger partial charge in [0.15, 0.2) is 5.52 Å². The molecule has 4 aromatic rings. The maximum absolute atomic E-state index is 13.5. The zero-order valence-electron chi connectivity index (χ0n) is 20.6. The summed E-state index contributed by atoms with van der Waals surface area (Å²) < 4.78 is 3.04. The standard InChI is InChI=1S/C27H31N5O2/c1-7-23(26(33)28-21-12-10-20(11-13-21)16(2)3)32-27(34)25-24(18(5)29-32)19(6)31(30-25)22-14-8-17(4)9-15-22/h8-16,23H,7H2,1-6H3,(H,28,33)/t23-/m1/s1. The summed E-state index contributed by atoms with van der Waals surface area (Å²) in [6, 6.07) is 15.0. The Morgan fingerprint density at radius 1 is 0.971 bits per heavy atom. The Morgan fingerprint density at radius 2 is 1.62 bits per heavy atom. The molecule has 1 amide bonds. The van der Waals surface area contributed by atoms with Gasteiger partial charge >= 0.3 is 0 Å². The van der Waals surface area contributed by atoms with Gasteiger partial charge in [-0.15, -0.1) is 0 Å². The van der Waals surface area contributed by atoms with Crippen LogP contribution in [0, 0.1) is 20.8 Å². The molecule has 2 aromatic heterocycles. The smallest absolute Gasteiger partial charge is 0.295 e. The average Bonchev–Trinajstić information content (AvgIpc) is 3.16. The number of nitrogens with one attached hydrogen (secondary N) is 1. The van der Waals surface area contributed by atoms with Crippen LogP contribution in [0.25, 0.3) is 16.6 Å². The third kappa shape index (κ3) is 4.25. The van der Waals surface area contributed by atoms with Crippen molar-refractivity contribution in [1.82, 2.24) is 19.6 Å². The van der Waals surface area contributed by atoms with E-state index in [-0.39, 0.29) is 11.5 Å². The van der Waals surface area contributed by atoms with E-state index in [1.807, 2.05) is 76.2 Å². The van der Waals surface area contributed by atoms with Crippen LogP contribution in [-0.4, -0.2) is 25.5 Å². The molecule has 0 radical (unpaired) electrons. The summed E-state index contributed by atoms with van der Waals surface area (Å²) in [5.74, 6) is 0.136. The van der Waals surface area contributed by atoms with Crippen molar-refractivity contribution in [3.63, 3.8) is 0 Å². The van der Waals surface area contributed by atoms with Crippen molar-refractivity contribution >= 4 is 22.5 Å². The van der Waals surface area contributed by atoms with Gasteiger partial charge in [-0.2, -0.15) is 10.2 Å². The van der Waals surface area contributed by atoms with Crippen LogP contribution in [0.1, 0.15) is 61.7 Å². The number of fused-ring (bicyclic) bond motifs is 1. The highest BCUT2D eigenvalue weighted by Gasteiger charge is 2.25. The second-order valence-electron chi connectivity index (χ2n) is 9.08. The molecule has 176 valence electrons. The highest BCUT2D eigenvalue weighted by molar-refractivity contribution is 5.94. The molecule has 34 heavy (non-hydrogen) atoms. The molecular formula is C27H31N5O2. The van der Waals surface area contributed by atoms with Gasteiger partial charge in [-0.05, 0) is 62.9 Å². The molecule has 0 unspecified atom stereocenters. The van der Waals surface area contributed by atoms with Gasteiger partial charge in [-0.1, -0.05) is 50.6 Å². The minimum atomic E-state index is -0.745. The third-order valence-electron chi connectivity index (χ3n) is 6.25. The normalized spacial score (nSPS) is 12.3. The fourth-order valence-corrected chi connectivity index (χ4v) is 4.25. The van der Waals surface area contributed by atoms with Crippen LogP contribution in [0.15, 0.2) is 53.3 Å². The molecule has 0 aliphatic heterocycles. The number of hydrogen-bond acceptors (Lipinski definition) is 4. The van der Waals surface area contributed by atoms with Crippen LogP contribution in [0.2, 0.25) is 0 Å². The van der Waals surface area contributed by atoms with Gasteiger partial charge in [0.25, 0.3) is 5.56 Å². The van der Waals surface area contributed by atoms with Gasteiger partial charge in [0.1, 0.15) is 6.04 Å². The molecule has 2 heterocycles. The monoisotopic (exact) mass is 457 g/mol. The third-order valence-corrected chi connectivity index (χ3v) is 6.25. The Bertz CT molecular complexity index is 1400. The van der Waals surface area contributed by atoms with Crippen LogP contribution < -0.4 is 10.9 Å². The molecule has 0 saturated carbocycles. The van der Waals surface area contributed by atoms with Crippen LogP contribution >= 0.6 is 0 Å². The zero-order chi connectivity index (χ0) is 24.6. The molecule has 1 N–H and O–H groups in total. The summed E-state index contributed by atoms with van der Waals surface area (Å²) in [6.45, 7) is 11.9. The maximum Gasteiger partial charge on any atom is 0.295 e. The predicted octanol–water partition coefficient (Wildman–Crippen LogP) is 5.22. The summed E-state index contributed by atoms with van der Waals surface area (Å²) in [4.78, 5) is 26.6. The first-order chi connectivity index (χ1) is 16.2. The highest BCUT2D eigenvalue weighted by Crippen LogP contribution is 2.23. The number of anilines is 1. The Hall–Kier alpha value is -3.74. The molecule has 0 bridgehead atoms. The van der Waals surface area contributed by atoms with E-state index in [1.165, 1.54) is 10.2 Å². The Labute approximate surface area is 199 Å². The van der Waals surface area contributed by atoms with Gasteiger partial charge < -0.3 is 5.32 Å². The molecular weight excluding hydrogens is 426 g/mol. The van der Waals surface area contributed by atoms with Crippen molar-refractivity contribution in [2.45, 2.75) is 59.9 Å². The summed E-state index contributed by atoms with van der Waals surface area (Å²) in [5.41, 5.74) is 5.37. The quantitative estimate of drug-likeness (QED) is 0.430. The van der Waals surface area contributed by atoms with Gasteiger partial charge in [-0.3, -0.25) is 9.59 Å². The van der Waals surface area contributed by atoms with Crippen LogP contribution in [-0.2, 0) is 4.79 Å².